The van der Waals surface area contributed by atoms with Gasteiger partial charge in [0.15, 0.2) is 0 Å². The first-order valence-electron chi connectivity index (χ1n) is 11.0. The zero-order valence-corrected chi connectivity index (χ0v) is 20.3. The summed E-state index contributed by atoms with van der Waals surface area (Å²) in [6.07, 6.45) is 0.973. The van der Waals surface area contributed by atoms with Gasteiger partial charge in [-0.1, -0.05) is 41.4 Å². The van der Waals surface area contributed by atoms with Crippen LogP contribution in [0.4, 0.5) is 10.5 Å². The minimum atomic E-state index is -0.909. The van der Waals surface area contributed by atoms with Crippen LogP contribution >= 0.6 is 23.2 Å². The Morgan fingerprint density at radius 3 is 2.48 bits per heavy atom. The fourth-order valence-corrected chi connectivity index (χ4v) is 3.97. The molecule has 0 bridgehead atoms. The Balaban J connectivity index is 1.55. The summed E-state index contributed by atoms with van der Waals surface area (Å²) in [5.74, 6) is 0.0120. The number of halogens is 2. The number of anilines is 1. The van der Waals surface area contributed by atoms with Gasteiger partial charge in [0.25, 0.3) is 0 Å². The van der Waals surface area contributed by atoms with Gasteiger partial charge in [0.2, 0.25) is 5.91 Å². The third-order valence-electron chi connectivity index (χ3n) is 5.63. The van der Waals surface area contributed by atoms with Crippen LogP contribution in [0.3, 0.4) is 0 Å². The average Bonchev–Trinajstić information content (AvgIpc) is 3.33. The lowest BCUT2D eigenvalue weighted by Crippen LogP contribution is -2.42. The van der Waals surface area contributed by atoms with Crippen molar-refractivity contribution >= 4 is 40.8 Å². The van der Waals surface area contributed by atoms with E-state index in [0.717, 1.165) is 24.9 Å². The number of nitrogens with zero attached hydrogens (tertiary/aromatic N) is 1. The minimum absolute atomic E-state index is 0.0120. The van der Waals surface area contributed by atoms with E-state index in [0.29, 0.717) is 27.8 Å². The van der Waals surface area contributed by atoms with Gasteiger partial charge in [-0.25, -0.2) is 4.79 Å². The number of rotatable bonds is 8. The zero-order valence-electron chi connectivity index (χ0n) is 18.8. The quantitative estimate of drug-likeness (QED) is 0.440. The normalized spacial score (nSPS) is 16.5. The van der Waals surface area contributed by atoms with Gasteiger partial charge in [0.05, 0.1) is 28.7 Å². The van der Waals surface area contributed by atoms with Crippen LogP contribution in [0.25, 0.3) is 0 Å². The van der Waals surface area contributed by atoms with Crippen molar-refractivity contribution in [2.75, 3.05) is 18.4 Å². The maximum atomic E-state index is 12.9. The Morgan fingerprint density at radius 2 is 1.88 bits per heavy atom. The van der Waals surface area contributed by atoms with Crippen molar-refractivity contribution in [3.63, 3.8) is 0 Å². The Labute approximate surface area is 204 Å². The molecule has 1 heterocycles. The number of amides is 3. The summed E-state index contributed by atoms with van der Waals surface area (Å²) in [6.45, 7) is 5.17. The molecule has 1 unspecified atom stereocenters. The van der Waals surface area contributed by atoms with Crippen LogP contribution < -0.4 is 16.0 Å². The first-order chi connectivity index (χ1) is 15.7. The van der Waals surface area contributed by atoms with E-state index in [1.165, 1.54) is 0 Å². The van der Waals surface area contributed by atoms with Crippen molar-refractivity contribution in [2.24, 2.45) is 0 Å². The SMILES string of the molecule is CC(C)N(C[C@@H](O)c1ccc(Cl)c(Cl)c1)C(=O)Nc1ccc(CNC(=O)C2CCCN2)cc1. The van der Waals surface area contributed by atoms with Gasteiger partial charge in [-0.3, -0.25) is 4.79 Å². The van der Waals surface area contributed by atoms with Crippen LogP contribution in [0, 0.1) is 0 Å². The number of nitrogens with one attached hydrogen (secondary N) is 3. The summed E-state index contributed by atoms with van der Waals surface area (Å²) in [5, 5.41) is 20.4. The van der Waals surface area contributed by atoms with Crippen molar-refractivity contribution in [1.82, 2.24) is 15.5 Å². The lowest BCUT2D eigenvalue weighted by Gasteiger charge is -2.29. The van der Waals surface area contributed by atoms with Crippen LogP contribution in [0.2, 0.25) is 10.0 Å². The molecule has 1 fully saturated rings. The van der Waals surface area contributed by atoms with Gasteiger partial charge in [0.1, 0.15) is 0 Å². The molecule has 4 N–H and O–H groups in total. The van der Waals surface area contributed by atoms with E-state index in [-0.39, 0.29) is 30.6 Å². The van der Waals surface area contributed by atoms with Crippen molar-refractivity contribution in [3.05, 3.63) is 63.6 Å². The Kier molecular flexibility index (Phi) is 8.97. The molecule has 33 heavy (non-hydrogen) atoms. The molecule has 0 spiro atoms. The molecule has 3 amide bonds. The summed E-state index contributed by atoms with van der Waals surface area (Å²) < 4.78 is 0. The molecule has 0 saturated carbocycles. The maximum Gasteiger partial charge on any atom is 0.322 e. The predicted octanol–water partition coefficient (Wildman–Crippen LogP) is 4.34. The van der Waals surface area contributed by atoms with E-state index in [1.807, 2.05) is 26.0 Å². The first-order valence-corrected chi connectivity index (χ1v) is 11.8. The summed E-state index contributed by atoms with van der Waals surface area (Å²) in [7, 11) is 0. The third-order valence-corrected chi connectivity index (χ3v) is 6.37. The topological polar surface area (TPSA) is 93.7 Å². The van der Waals surface area contributed by atoms with E-state index in [2.05, 4.69) is 16.0 Å². The molecule has 1 saturated heterocycles. The third kappa shape index (κ3) is 7.08. The highest BCUT2D eigenvalue weighted by Crippen LogP contribution is 2.26. The highest BCUT2D eigenvalue weighted by Gasteiger charge is 2.23. The number of aliphatic hydroxyl groups excluding tert-OH is 1. The van der Waals surface area contributed by atoms with E-state index >= 15 is 0 Å². The zero-order chi connectivity index (χ0) is 24.0. The monoisotopic (exact) mass is 492 g/mol. The molecular formula is C24H30Cl2N4O3. The maximum absolute atomic E-state index is 12.9. The molecular weight excluding hydrogens is 463 g/mol. The molecule has 2 aromatic rings. The van der Waals surface area contributed by atoms with Crippen molar-refractivity contribution in [1.29, 1.82) is 0 Å². The molecule has 1 aliphatic rings. The first kappa shape index (κ1) is 25.3. The molecule has 0 aromatic heterocycles. The van der Waals surface area contributed by atoms with Gasteiger partial charge in [-0.15, -0.1) is 0 Å². The number of benzene rings is 2. The Morgan fingerprint density at radius 1 is 1.15 bits per heavy atom. The Bertz CT molecular complexity index is 963. The van der Waals surface area contributed by atoms with Crippen LogP contribution in [-0.4, -0.2) is 47.1 Å². The second-order valence-electron chi connectivity index (χ2n) is 8.43. The highest BCUT2D eigenvalue weighted by atomic mass is 35.5. The van der Waals surface area contributed by atoms with Crippen LogP contribution in [-0.2, 0) is 11.3 Å². The van der Waals surface area contributed by atoms with E-state index in [9.17, 15) is 14.7 Å². The van der Waals surface area contributed by atoms with E-state index < -0.39 is 6.10 Å². The lowest BCUT2D eigenvalue weighted by atomic mass is 10.1. The van der Waals surface area contributed by atoms with Gasteiger partial charge in [-0.05, 0) is 68.6 Å². The highest BCUT2D eigenvalue weighted by molar-refractivity contribution is 6.42. The van der Waals surface area contributed by atoms with Crippen LogP contribution in [0.5, 0.6) is 0 Å². The summed E-state index contributed by atoms with van der Waals surface area (Å²) in [6, 6.07) is 11.7. The molecule has 7 nitrogen and oxygen atoms in total. The summed E-state index contributed by atoms with van der Waals surface area (Å²) in [4.78, 5) is 26.6. The van der Waals surface area contributed by atoms with Gasteiger partial charge in [0, 0.05) is 18.3 Å². The van der Waals surface area contributed by atoms with Crippen molar-refractivity contribution in [3.8, 4) is 0 Å². The standard InChI is InChI=1S/C24H30Cl2N4O3/c1-15(2)30(14-22(31)17-7-10-19(25)20(26)12-17)24(33)29-18-8-5-16(6-9-18)13-28-23(32)21-4-3-11-27-21/h5-10,12,15,21-22,27,31H,3-4,11,13-14H2,1-2H3,(H,28,32)(H,29,33)/t21?,22-/m1/s1. The molecule has 9 heteroatoms. The van der Waals surface area contributed by atoms with Crippen molar-refractivity contribution in [2.45, 2.75) is 51.4 Å². The fraction of sp³-hybridized carbons (Fsp3) is 0.417. The predicted molar refractivity (Wildman–Crippen MR) is 132 cm³/mol. The van der Waals surface area contributed by atoms with Gasteiger partial charge >= 0.3 is 6.03 Å². The Hall–Kier alpha value is -2.32. The molecule has 2 atom stereocenters. The number of aliphatic hydroxyl groups is 1. The molecule has 3 rings (SSSR count). The molecule has 0 radical (unpaired) electrons. The number of carbonyl (C=O) groups excluding carboxylic acids is 2. The largest absolute Gasteiger partial charge is 0.387 e. The van der Waals surface area contributed by atoms with Crippen LogP contribution in [0.15, 0.2) is 42.5 Å². The smallest absolute Gasteiger partial charge is 0.322 e. The van der Waals surface area contributed by atoms with Crippen molar-refractivity contribution < 1.29 is 14.7 Å². The number of hydrogen-bond donors (Lipinski definition) is 4. The second kappa shape index (κ2) is 11.7. The van der Waals surface area contributed by atoms with Gasteiger partial charge < -0.3 is 26.0 Å². The average molecular weight is 493 g/mol. The summed E-state index contributed by atoms with van der Waals surface area (Å²) >= 11 is 12.0. The summed E-state index contributed by atoms with van der Waals surface area (Å²) in [5.41, 5.74) is 2.15. The molecule has 178 valence electrons. The number of hydrogen-bond acceptors (Lipinski definition) is 4. The lowest BCUT2D eigenvalue weighted by molar-refractivity contribution is -0.122. The molecule has 2 aromatic carbocycles. The second-order valence-corrected chi connectivity index (χ2v) is 9.24. The van der Waals surface area contributed by atoms with Crippen LogP contribution in [0.1, 0.15) is 43.9 Å². The van der Waals surface area contributed by atoms with E-state index in [4.69, 9.17) is 23.2 Å². The number of carbonyl (C=O) groups is 2. The molecule has 1 aliphatic heterocycles. The number of urea groups is 1. The minimum Gasteiger partial charge on any atom is -0.387 e. The van der Waals surface area contributed by atoms with E-state index in [1.54, 1.807) is 35.2 Å². The van der Waals surface area contributed by atoms with Gasteiger partial charge in [-0.2, -0.15) is 0 Å². The molecule has 0 aliphatic carbocycles. The fourth-order valence-electron chi connectivity index (χ4n) is 3.66.